The molecule has 0 radical (unpaired) electrons. The highest BCUT2D eigenvalue weighted by molar-refractivity contribution is 5.61. The Morgan fingerprint density at radius 3 is 2.63 bits per heavy atom. The summed E-state index contributed by atoms with van der Waals surface area (Å²) in [6.07, 6.45) is 7.75. The van der Waals surface area contributed by atoms with Gasteiger partial charge in [0.05, 0.1) is 7.11 Å². The summed E-state index contributed by atoms with van der Waals surface area (Å²) in [6.45, 7) is 5.43. The van der Waals surface area contributed by atoms with E-state index in [-0.39, 0.29) is 0 Å². The van der Waals surface area contributed by atoms with Crippen molar-refractivity contribution in [3.05, 3.63) is 6.33 Å². The molecule has 0 saturated heterocycles. The number of nitrogens with zero attached hydrogens (tertiary/aromatic N) is 2. The molecule has 108 valence electrons. The molecule has 0 aliphatic rings. The third kappa shape index (κ3) is 5.77. The molecule has 3 N–H and O–H groups in total. The minimum absolute atomic E-state index is 0.372. The Morgan fingerprint density at radius 2 is 1.95 bits per heavy atom. The van der Waals surface area contributed by atoms with E-state index in [4.69, 9.17) is 10.5 Å². The summed E-state index contributed by atoms with van der Waals surface area (Å²) in [4.78, 5) is 8.04. The third-order valence-electron chi connectivity index (χ3n) is 3.04. The summed E-state index contributed by atoms with van der Waals surface area (Å²) in [5.41, 5.74) is 5.71. The van der Waals surface area contributed by atoms with Crippen LogP contribution in [0.1, 0.15) is 46.0 Å². The molecule has 0 aliphatic heterocycles. The molecule has 5 heteroatoms. The molecule has 19 heavy (non-hydrogen) atoms. The number of nitrogen functional groups attached to an aromatic ring is 1. The van der Waals surface area contributed by atoms with Crippen LogP contribution >= 0.6 is 0 Å². The van der Waals surface area contributed by atoms with E-state index in [1.165, 1.54) is 32.0 Å². The Bertz CT molecular complexity index is 368. The van der Waals surface area contributed by atoms with Crippen LogP contribution < -0.4 is 15.8 Å². The van der Waals surface area contributed by atoms with Gasteiger partial charge in [0, 0.05) is 6.54 Å². The second-order valence-electron chi connectivity index (χ2n) is 5.16. The molecule has 0 aromatic carbocycles. The quantitative estimate of drug-likeness (QED) is 0.672. The van der Waals surface area contributed by atoms with Crippen molar-refractivity contribution in [3.8, 4) is 5.75 Å². The topological polar surface area (TPSA) is 73.1 Å². The fourth-order valence-electron chi connectivity index (χ4n) is 1.95. The Labute approximate surface area is 116 Å². The van der Waals surface area contributed by atoms with Crippen molar-refractivity contribution in [3.63, 3.8) is 0 Å². The summed E-state index contributed by atoms with van der Waals surface area (Å²) in [7, 11) is 1.58. The number of nitrogens with one attached hydrogen (secondary N) is 1. The maximum absolute atomic E-state index is 5.71. The van der Waals surface area contributed by atoms with Gasteiger partial charge in [-0.2, -0.15) is 0 Å². The largest absolute Gasteiger partial charge is 0.490 e. The Kier molecular flexibility index (Phi) is 7.00. The maximum atomic E-state index is 5.71. The highest BCUT2D eigenvalue weighted by Crippen LogP contribution is 2.26. The first-order valence-corrected chi connectivity index (χ1v) is 7.03. The number of rotatable bonds is 9. The lowest BCUT2D eigenvalue weighted by atomic mass is 10.0. The average molecular weight is 266 g/mol. The van der Waals surface area contributed by atoms with Crippen LogP contribution in [0.15, 0.2) is 6.33 Å². The van der Waals surface area contributed by atoms with Gasteiger partial charge in [0.25, 0.3) is 0 Å². The average Bonchev–Trinajstić information content (AvgIpc) is 2.37. The van der Waals surface area contributed by atoms with Crippen molar-refractivity contribution in [2.45, 2.75) is 46.0 Å². The minimum Gasteiger partial charge on any atom is -0.490 e. The van der Waals surface area contributed by atoms with Gasteiger partial charge < -0.3 is 15.8 Å². The lowest BCUT2D eigenvalue weighted by Gasteiger charge is -2.10. The number of anilines is 2. The zero-order valence-corrected chi connectivity index (χ0v) is 12.3. The zero-order valence-electron chi connectivity index (χ0n) is 12.3. The van der Waals surface area contributed by atoms with Crippen molar-refractivity contribution in [1.82, 2.24) is 9.97 Å². The summed E-state index contributed by atoms with van der Waals surface area (Å²) in [6, 6.07) is 0. The molecule has 0 bridgehead atoms. The molecule has 1 heterocycles. The van der Waals surface area contributed by atoms with Gasteiger partial charge in [-0.3, -0.25) is 0 Å². The van der Waals surface area contributed by atoms with Crippen LogP contribution in [0.2, 0.25) is 0 Å². The van der Waals surface area contributed by atoms with Gasteiger partial charge in [0.15, 0.2) is 11.6 Å². The van der Waals surface area contributed by atoms with Crippen LogP contribution in [0.3, 0.4) is 0 Å². The maximum Gasteiger partial charge on any atom is 0.203 e. The molecule has 0 saturated carbocycles. The SMILES string of the molecule is COc1c(N)ncnc1NCCCCCCC(C)C. The van der Waals surface area contributed by atoms with Crippen molar-refractivity contribution in [2.24, 2.45) is 5.92 Å². The number of unbranched alkanes of at least 4 members (excludes halogenated alkanes) is 3. The fraction of sp³-hybridized carbons (Fsp3) is 0.714. The first kappa shape index (κ1) is 15.5. The molecule has 1 aromatic heterocycles. The van der Waals surface area contributed by atoms with Gasteiger partial charge >= 0.3 is 0 Å². The summed E-state index contributed by atoms with van der Waals surface area (Å²) < 4.78 is 5.19. The van der Waals surface area contributed by atoms with Crippen molar-refractivity contribution in [2.75, 3.05) is 24.7 Å². The van der Waals surface area contributed by atoms with Crippen LogP contribution in [0.4, 0.5) is 11.6 Å². The zero-order chi connectivity index (χ0) is 14.1. The highest BCUT2D eigenvalue weighted by Gasteiger charge is 2.08. The first-order valence-electron chi connectivity index (χ1n) is 7.03. The lowest BCUT2D eigenvalue weighted by molar-refractivity contribution is 0.415. The Morgan fingerprint density at radius 1 is 1.21 bits per heavy atom. The third-order valence-corrected chi connectivity index (χ3v) is 3.04. The molecule has 0 amide bonds. The second-order valence-corrected chi connectivity index (χ2v) is 5.16. The number of hydrogen-bond donors (Lipinski definition) is 2. The fourth-order valence-corrected chi connectivity index (χ4v) is 1.95. The van der Waals surface area contributed by atoms with Crippen molar-refractivity contribution < 1.29 is 4.74 Å². The second kappa shape index (κ2) is 8.56. The summed E-state index contributed by atoms with van der Waals surface area (Å²) >= 11 is 0. The number of ether oxygens (including phenoxy) is 1. The Hall–Kier alpha value is -1.52. The smallest absolute Gasteiger partial charge is 0.203 e. The molecule has 1 rings (SSSR count). The lowest BCUT2D eigenvalue weighted by Crippen LogP contribution is -2.07. The van der Waals surface area contributed by atoms with E-state index in [9.17, 15) is 0 Å². The number of nitrogens with two attached hydrogens (primary N) is 1. The van der Waals surface area contributed by atoms with Gasteiger partial charge in [-0.15, -0.1) is 0 Å². The first-order chi connectivity index (χ1) is 9.15. The molecular formula is C14H26N4O. The van der Waals surface area contributed by atoms with Gasteiger partial charge in [-0.05, 0) is 12.3 Å². The van der Waals surface area contributed by atoms with E-state index < -0.39 is 0 Å². The van der Waals surface area contributed by atoms with Crippen LogP contribution in [0.25, 0.3) is 0 Å². The standard InChI is InChI=1S/C14H26N4O/c1-11(2)8-6-4-5-7-9-16-14-12(19-3)13(15)17-10-18-14/h10-11H,4-9H2,1-3H3,(H3,15,16,17,18). The van der Waals surface area contributed by atoms with Crippen molar-refractivity contribution in [1.29, 1.82) is 0 Å². The molecule has 0 unspecified atom stereocenters. The normalized spacial score (nSPS) is 10.7. The Balaban J connectivity index is 2.21. The highest BCUT2D eigenvalue weighted by atomic mass is 16.5. The molecule has 1 aromatic rings. The van der Waals surface area contributed by atoms with E-state index in [0.717, 1.165) is 18.9 Å². The number of hydrogen-bond acceptors (Lipinski definition) is 5. The van der Waals surface area contributed by atoms with E-state index in [0.29, 0.717) is 17.4 Å². The molecular weight excluding hydrogens is 240 g/mol. The summed E-state index contributed by atoms with van der Waals surface area (Å²) in [5.74, 6) is 2.39. The minimum atomic E-state index is 0.372. The van der Waals surface area contributed by atoms with Crippen molar-refractivity contribution >= 4 is 11.6 Å². The van der Waals surface area contributed by atoms with Crippen LogP contribution in [0, 0.1) is 5.92 Å². The molecule has 5 nitrogen and oxygen atoms in total. The van der Waals surface area contributed by atoms with Gasteiger partial charge in [-0.25, -0.2) is 9.97 Å². The van der Waals surface area contributed by atoms with E-state index in [1.807, 2.05) is 0 Å². The predicted molar refractivity (Wildman–Crippen MR) is 79.4 cm³/mol. The van der Waals surface area contributed by atoms with E-state index in [1.54, 1.807) is 7.11 Å². The van der Waals surface area contributed by atoms with Crippen LogP contribution in [-0.2, 0) is 0 Å². The van der Waals surface area contributed by atoms with Gasteiger partial charge in [-0.1, -0.05) is 39.5 Å². The molecule has 0 atom stereocenters. The van der Waals surface area contributed by atoms with E-state index >= 15 is 0 Å². The number of methoxy groups -OCH3 is 1. The molecule has 0 aliphatic carbocycles. The number of aromatic nitrogens is 2. The van der Waals surface area contributed by atoms with Gasteiger partial charge in [0.1, 0.15) is 6.33 Å². The monoisotopic (exact) mass is 266 g/mol. The van der Waals surface area contributed by atoms with E-state index in [2.05, 4.69) is 29.1 Å². The summed E-state index contributed by atoms with van der Waals surface area (Å²) in [5, 5.41) is 3.25. The van der Waals surface area contributed by atoms with Crippen LogP contribution in [0.5, 0.6) is 5.75 Å². The predicted octanol–water partition coefficient (Wildman–Crippen LogP) is 3.09. The molecule has 0 spiro atoms. The molecule has 0 fully saturated rings. The van der Waals surface area contributed by atoms with Crippen LogP contribution in [-0.4, -0.2) is 23.6 Å². The van der Waals surface area contributed by atoms with Gasteiger partial charge in [0.2, 0.25) is 5.75 Å².